The molecule has 0 saturated heterocycles. The van der Waals surface area contributed by atoms with Crippen molar-refractivity contribution in [2.45, 2.75) is 32.2 Å². The van der Waals surface area contributed by atoms with Crippen molar-refractivity contribution in [2.24, 2.45) is 0 Å². The average Bonchev–Trinajstić information content (AvgIpc) is 2.97. The molecule has 0 amide bonds. The fourth-order valence-corrected chi connectivity index (χ4v) is 4.67. The van der Waals surface area contributed by atoms with Gasteiger partial charge in [0.25, 0.3) is 0 Å². The lowest BCUT2D eigenvalue weighted by molar-refractivity contribution is 0.183. The van der Waals surface area contributed by atoms with E-state index in [4.69, 9.17) is 0 Å². The van der Waals surface area contributed by atoms with Gasteiger partial charge in [-0.25, -0.2) is 0 Å². The first kappa shape index (κ1) is 13.4. The van der Waals surface area contributed by atoms with Crippen molar-refractivity contribution < 1.29 is 0 Å². The highest BCUT2D eigenvalue weighted by molar-refractivity contribution is 5.92. The highest BCUT2D eigenvalue weighted by Gasteiger charge is 2.35. The fraction of sp³-hybridized carbons (Fsp3) is 0.333. The van der Waals surface area contributed by atoms with Gasteiger partial charge in [-0.05, 0) is 48.6 Å². The van der Waals surface area contributed by atoms with Crippen LogP contribution in [0.5, 0.6) is 0 Å². The Hall–Kier alpha value is -2.06. The van der Waals surface area contributed by atoms with Gasteiger partial charge in [0.15, 0.2) is 0 Å². The number of aromatic nitrogens is 1. The molecule has 1 unspecified atom stereocenters. The van der Waals surface area contributed by atoms with E-state index < -0.39 is 0 Å². The first-order valence-corrected chi connectivity index (χ1v) is 8.82. The van der Waals surface area contributed by atoms with Crippen LogP contribution in [0.25, 0.3) is 22.2 Å². The van der Waals surface area contributed by atoms with Gasteiger partial charge >= 0.3 is 0 Å². The average molecular weight is 302 g/mol. The number of rotatable bonds is 2. The summed E-state index contributed by atoms with van der Waals surface area (Å²) in [6.07, 6.45) is 3.56. The molecule has 2 nitrogen and oxygen atoms in total. The van der Waals surface area contributed by atoms with Crippen LogP contribution in [0.3, 0.4) is 0 Å². The van der Waals surface area contributed by atoms with E-state index in [0.29, 0.717) is 6.04 Å². The van der Waals surface area contributed by atoms with Gasteiger partial charge in [0.1, 0.15) is 0 Å². The molecule has 3 aromatic rings. The van der Waals surface area contributed by atoms with Crippen LogP contribution < -0.4 is 0 Å². The van der Waals surface area contributed by atoms with Gasteiger partial charge in [-0.1, -0.05) is 43.3 Å². The largest absolute Gasteiger partial charge is 0.354 e. The number of aromatic amines is 1. The Bertz CT molecular complexity index is 890. The van der Waals surface area contributed by atoms with Crippen LogP contribution in [0.15, 0.2) is 42.5 Å². The van der Waals surface area contributed by atoms with E-state index in [2.05, 4.69) is 59.3 Å². The summed E-state index contributed by atoms with van der Waals surface area (Å²) in [5, 5.41) is 1.40. The molecule has 0 saturated carbocycles. The summed E-state index contributed by atoms with van der Waals surface area (Å²) in [6.45, 7) is 4.70. The minimum atomic E-state index is 0.557. The van der Waals surface area contributed by atoms with Crippen molar-refractivity contribution in [1.82, 2.24) is 9.88 Å². The number of hydrogen-bond donors (Lipinski definition) is 1. The summed E-state index contributed by atoms with van der Waals surface area (Å²) in [4.78, 5) is 6.40. The third-order valence-corrected chi connectivity index (χ3v) is 5.63. The molecule has 2 heterocycles. The van der Waals surface area contributed by atoms with Gasteiger partial charge in [-0.3, -0.25) is 4.90 Å². The standard InChI is InChI=1S/C21H22N2/c1-2-11-23-12-10-14-6-5-8-16-20(14)19(23)13-17-15-7-3-4-9-18(15)22-21(16)17/h3-9,19,22H,2,10-13H2,1H3. The quantitative estimate of drug-likeness (QED) is 0.727. The summed E-state index contributed by atoms with van der Waals surface area (Å²) in [6, 6.07) is 16.2. The van der Waals surface area contributed by atoms with E-state index in [1.807, 2.05) is 0 Å². The normalized spacial score (nSPS) is 19.6. The molecule has 1 aromatic heterocycles. The third kappa shape index (κ3) is 1.85. The van der Waals surface area contributed by atoms with E-state index in [0.717, 1.165) is 6.42 Å². The van der Waals surface area contributed by atoms with Crippen LogP contribution in [-0.2, 0) is 12.8 Å². The molecule has 1 aliphatic carbocycles. The van der Waals surface area contributed by atoms with Crippen LogP contribution in [0, 0.1) is 0 Å². The molecule has 116 valence electrons. The van der Waals surface area contributed by atoms with Crippen LogP contribution in [0.1, 0.15) is 36.1 Å². The van der Waals surface area contributed by atoms with Gasteiger partial charge in [-0.2, -0.15) is 0 Å². The Kier molecular flexibility index (Phi) is 2.89. The maximum absolute atomic E-state index is 3.70. The van der Waals surface area contributed by atoms with E-state index in [1.54, 1.807) is 11.1 Å². The van der Waals surface area contributed by atoms with Gasteiger partial charge in [-0.15, -0.1) is 0 Å². The third-order valence-electron chi connectivity index (χ3n) is 5.63. The SMILES string of the molecule is CCCN1CCc2cccc3c2C1Cc1c-3[nH]c2ccccc12. The number of benzene rings is 2. The second kappa shape index (κ2) is 4.97. The van der Waals surface area contributed by atoms with Gasteiger partial charge in [0.2, 0.25) is 0 Å². The molecule has 2 heteroatoms. The van der Waals surface area contributed by atoms with Gasteiger partial charge in [0.05, 0.1) is 5.69 Å². The van der Waals surface area contributed by atoms with Crippen LogP contribution in [-0.4, -0.2) is 23.0 Å². The summed E-state index contributed by atoms with van der Waals surface area (Å²) < 4.78 is 0. The monoisotopic (exact) mass is 302 g/mol. The molecule has 1 N–H and O–H groups in total. The molecule has 5 rings (SSSR count). The predicted octanol–water partition coefficient (Wildman–Crippen LogP) is 4.70. The molecule has 2 aliphatic rings. The molecule has 1 aliphatic heterocycles. The lowest BCUT2D eigenvalue weighted by atomic mass is 9.79. The van der Waals surface area contributed by atoms with Crippen molar-refractivity contribution in [3.8, 4) is 11.3 Å². The summed E-state index contributed by atoms with van der Waals surface area (Å²) in [5.41, 5.74) is 8.73. The Labute approximate surface area is 137 Å². The number of para-hydroxylation sites is 1. The lowest BCUT2D eigenvalue weighted by Crippen LogP contribution is -2.38. The first-order valence-electron chi connectivity index (χ1n) is 8.82. The number of nitrogens with zero attached hydrogens (tertiary/aromatic N) is 1. The molecule has 23 heavy (non-hydrogen) atoms. The van der Waals surface area contributed by atoms with Crippen LogP contribution in [0.2, 0.25) is 0 Å². The lowest BCUT2D eigenvalue weighted by Gasteiger charge is -2.41. The molecule has 1 atom stereocenters. The number of nitrogens with one attached hydrogen (secondary N) is 1. The van der Waals surface area contributed by atoms with Crippen LogP contribution >= 0.6 is 0 Å². The molecule has 0 bridgehead atoms. The van der Waals surface area contributed by atoms with Crippen molar-refractivity contribution in [3.63, 3.8) is 0 Å². The first-order chi connectivity index (χ1) is 11.4. The summed E-state index contributed by atoms with van der Waals surface area (Å²) in [7, 11) is 0. The van der Waals surface area contributed by atoms with Crippen LogP contribution in [0.4, 0.5) is 0 Å². The van der Waals surface area contributed by atoms with E-state index in [9.17, 15) is 0 Å². The second-order valence-electron chi connectivity index (χ2n) is 6.91. The Balaban J connectivity index is 1.77. The maximum atomic E-state index is 3.70. The van der Waals surface area contributed by atoms with E-state index in [-0.39, 0.29) is 0 Å². The number of fused-ring (bicyclic) bond motifs is 4. The minimum absolute atomic E-state index is 0.557. The minimum Gasteiger partial charge on any atom is -0.354 e. The van der Waals surface area contributed by atoms with Gasteiger partial charge in [0, 0.05) is 29.1 Å². The maximum Gasteiger partial charge on any atom is 0.0501 e. The van der Waals surface area contributed by atoms with E-state index in [1.165, 1.54) is 53.7 Å². The molecule has 0 spiro atoms. The topological polar surface area (TPSA) is 19.0 Å². The predicted molar refractivity (Wildman–Crippen MR) is 95.7 cm³/mol. The van der Waals surface area contributed by atoms with Crippen molar-refractivity contribution in [3.05, 3.63) is 59.2 Å². The summed E-state index contributed by atoms with van der Waals surface area (Å²) in [5.74, 6) is 0. The molecule has 2 aromatic carbocycles. The highest BCUT2D eigenvalue weighted by Crippen LogP contribution is 2.46. The summed E-state index contributed by atoms with van der Waals surface area (Å²) >= 11 is 0. The molecular weight excluding hydrogens is 280 g/mol. The number of hydrogen-bond acceptors (Lipinski definition) is 1. The zero-order valence-electron chi connectivity index (χ0n) is 13.6. The molecular formula is C21H22N2. The number of H-pyrrole nitrogens is 1. The van der Waals surface area contributed by atoms with E-state index >= 15 is 0 Å². The fourth-order valence-electron chi connectivity index (χ4n) is 4.67. The molecule has 0 radical (unpaired) electrons. The molecule has 0 fully saturated rings. The Morgan fingerprint density at radius 3 is 2.96 bits per heavy atom. The van der Waals surface area contributed by atoms with Crippen molar-refractivity contribution in [1.29, 1.82) is 0 Å². The van der Waals surface area contributed by atoms with Gasteiger partial charge < -0.3 is 4.98 Å². The Morgan fingerprint density at radius 2 is 2.04 bits per heavy atom. The highest BCUT2D eigenvalue weighted by atomic mass is 15.2. The van der Waals surface area contributed by atoms with Crippen molar-refractivity contribution in [2.75, 3.05) is 13.1 Å². The second-order valence-corrected chi connectivity index (χ2v) is 6.91. The van der Waals surface area contributed by atoms with Crippen molar-refractivity contribution >= 4 is 10.9 Å². The smallest absolute Gasteiger partial charge is 0.0501 e. The Morgan fingerprint density at radius 1 is 1.13 bits per heavy atom. The zero-order chi connectivity index (χ0) is 15.4. The zero-order valence-corrected chi connectivity index (χ0v) is 13.6.